The lowest BCUT2D eigenvalue weighted by atomic mass is 10.0. The molecule has 0 spiro atoms. The van der Waals surface area contributed by atoms with Crippen molar-refractivity contribution in [1.29, 1.82) is 0 Å². The monoisotopic (exact) mass is 285 g/mol. The fraction of sp³-hybridized carbons (Fsp3) is 0.312. The van der Waals surface area contributed by atoms with Crippen molar-refractivity contribution in [2.75, 3.05) is 5.32 Å². The molecule has 0 aliphatic carbocycles. The average molecular weight is 285 g/mol. The summed E-state index contributed by atoms with van der Waals surface area (Å²) in [5, 5.41) is 9.37. The van der Waals surface area contributed by atoms with Crippen LogP contribution in [0.5, 0.6) is 0 Å². The molecule has 0 bridgehead atoms. The minimum absolute atomic E-state index is 0.148. The van der Waals surface area contributed by atoms with E-state index >= 15 is 0 Å². The Morgan fingerprint density at radius 1 is 1.19 bits per heavy atom. The summed E-state index contributed by atoms with van der Waals surface area (Å²) < 4.78 is 0. The number of aryl methyl sites for hydroxylation is 2. The summed E-state index contributed by atoms with van der Waals surface area (Å²) in [6.07, 6.45) is 1.67. The third kappa shape index (κ3) is 3.18. The van der Waals surface area contributed by atoms with Gasteiger partial charge in [-0.2, -0.15) is 5.10 Å². The number of anilines is 1. The van der Waals surface area contributed by atoms with Gasteiger partial charge in [-0.05, 0) is 30.0 Å². The molecule has 110 valence electrons. The first-order valence-corrected chi connectivity index (χ1v) is 7.05. The van der Waals surface area contributed by atoms with Crippen molar-refractivity contribution in [3.63, 3.8) is 0 Å². The summed E-state index contributed by atoms with van der Waals surface area (Å²) >= 11 is 0. The molecule has 0 atom stereocenters. The van der Waals surface area contributed by atoms with Gasteiger partial charge in [-0.25, -0.2) is 0 Å². The molecule has 0 aliphatic rings. The predicted molar refractivity (Wildman–Crippen MR) is 81.7 cm³/mol. The number of nitrogens with zero attached hydrogens (tertiary/aromatic N) is 1. The van der Waals surface area contributed by atoms with Crippen LogP contribution in [0.25, 0.3) is 0 Å². The third-order valence-electron chi connectivity index (χ3n) is 3.43. The van der Waals surface area contributed by atoms with E-state index in [0.29, 0.717) is 5.69 Å². The highest BCUT2D eigenvalue weighted by Gasteiger charge is 2.15. The van der Waals surface area contributed by atoms with Gasteiger partial charge in [-0.1, -0.05) is 32.0 Å². The molecule has 0 saturated heterocycles. The van der Waals surface area contributed by atoms with Crippen LogP contribution in [0.3, 0.4) is 0 Å². The van der Waals surface area contributed by atoms with Crippen LogP contribution in [0.1, 0.15) is 52.9 Å². The summed E-state index contributed by atoms with van der Waals surface area (Å²) in [5.74, 6) is -0.459. The molecule has 0 radical (unpaired) electrons. The number of Topliss-reactive ketones (excluding diaryl/α,β-unsaturated/α-hetero) is 1. The van der Waals surface area contributed by atoms with Crippen LogP contribution in [0, 0.1) is 0 Å². The topological polar surface area (TPSA) is 74.8 Å². The molecule has 5 nitrogen and oxygen atoms in total. The van der Waals surface area contributed by atoms with Gasteiger partial charge in [-0.15, -0.1) is 0 Å². The fourth-order valence-electron chi connectivity index (χ4n) is 2.20. The van der Waals surface area contributed by atoms with Crippen molar-refractivity contribution >= 4 is 17.4 Å². The Hall–Kier alpha value is -2.43. The van der Waals surface area contributed by atoms with Gasteiger partial charge in [0, 0.05) is 12.6 Å². The number of H-pyrrole nitrogens is 1. The van der Waals surface area contributed by atoms with Gasteiger partial charge in [0.1, 0.15) is 5.69 Å². The number of aromatic nitrogens is 2. The number of aromatic amines is 1. The second kappa shape index (κ2) is 6.35. The van der Waals surface area contributed by atoms with Crippen LogP contribution in [0.15, 0.2) is 24.3 Å². The van der Waals surface area contributed by atoms with E-state index in [9.17, 15) is 9.59 Å². The highest BCUT2D eigenvalue weighted by molar-refractivity contribution is 6.05. The summed E-state index contributed by atoms with van der Waals surface area (Å²) in [7, 11) is 0. The van der Waals surface area contributed by atoms with Gasteiger partial charge in [-0.3, -0.25) is 14.7 Å². The first kappa shape index (κ1) is 15.0. The number of ketones is 1. The molecule has 1 aromatic carbocycles. The van der Waals surface area contributed by atoms with E-state index in [1.165, 1.54) is 13.0 Å². The van der Waals surface area contributed by atoms with E-state index in [0.717, 1.165) is 29.7 Å². The zero-order chi connectivity index (χ0) is 15.4. The van der Waals surface area contributed by atoms with E-state index in [1.807, 2.05) is 32.0 Å². The third-order valence-corrected chi connectivity index (χ3v) is 3.43. The summed E-state index contributed by atoms with van der Waals surface area (Å²) in [6, 6.07) is 7.47. The molecule has 0 aliphatic heterocycles. The Bertz CT molecular complexity index is 652. The maximum absolute atomic E-state index is 12.3. The molecule has 0 fully saturated rings. The van der Waals surface area contributed by atoms with E-state index in [4.69, 9.17) is 0 Å². The average Bonchev–Trinajstić information content (AvgIpc) is 2.97. The SMILES string of the molecule is CCc1cccc(CC)c1NC(=O)c1cc(C(C)=O)[nH]n1. The van der Waals surface area contributed by atoms with Crippen LogP contribution in [0.2, 0.25) is 0 Å². The normalized spacial score (nSPS) is 10.4. The second-order valence-corrected chi connectivity index (χ2v) is 4.84. The fourth-order valence-corrected chi connectivity index (χ4v) is 2.20. The van der Waals surface area contributed by atoms with Gasteiger partial charge in [0.25, 0.3) is 5.91 Å². The van der Waals surface area contributed by atoms with Crippen LogP contribution < -0.4 is 5.32 Å². The van der Waals surface area contributed by atoms with Crippen molar-refractivity contribution in [3.8, 4) is 0 Å². The number of benzene rings is 1. The highest BCUT2D eigenvalue weighted by atomic mass is 16.2. The largest absolute Gasteiger partial charge is 0.320 e. The molecule has 2 N–H and O–H groups in total. The zero-order valence-corrected chi connectivity index (χ0v) is 12.5. The zero-order valence-electron chi connectivity index (χ0n) is 12.5. The van der Waals surface area contributed by atoms with Crippen molar-refractivity contribution in [1.82, 2.24) is 10.2 Å². The number of carbonyl (C=O) groups is 2. The minimum atomic E-state index is -0.311. The molecule has 2 rings (SSSR count). The number of rotatable bonds is 5. The lowest BCUT2D eigenvalue weighted by Crippen LogP contribution is -2.15. The highest BCUT2D eigenvalue weighted by Crippen LogP contribution is 2.23. The van der Waals surface area contributed by atoms with Gasteiger partial charge >= 0.3 is 0 Å². The van der Waals surface area contributed by atoms with Gasteiger partial charge in [0.05, 0.1) is 0 Å². The standard InChI is InChI=1S/C16H19N3O2/c1-4-11-7-6-8-12(5-2)15(11)17-16(21)14-9-13(10(3)20)18-19-14/h6-9H,4-5H2,1-3H3,(H,17,21)(H,18,19). The van der Waals surface area contributed by atoms with Crippen LogP contribution in [0.4, 0.5) is 5.69 Å². The Balaban J connectivity index is 2.28. The molecule has 1 amide bonds. The van der Waals surface area contributed by atoms with Gasteiger partial charge in [0.2, 0.25) is 0 Å². The molecule has 21 heavy (non-hydrogen) atoms. The Morgan fingerprint density at radius 2 is 1.81 bits per heavy atom. The van der Waals surface area contributed by atoms with Crippen LogP contribution in [-0.2, 0) is 12.8 Å². The number of hydrogen-bond acceptors (Lipinski definition) is 3. The molecule has 2 aromatic rings. The second-order valence-electron chi connectivity index (χ2n) is 4.84. The molecule has 5 heteroatoms. The quantitative estimate of drug-likeness (QED) is 0.829. The molecule has 1 aromatic heterocycles. The number of nitrogens with one attached hydrogen (secondary N) is 2. The lowest BCUT2D eigenvalue weighted by Gasteiger charge is -2.13. The van der Waals surface area contributed by atoms with Crippen molar-refractivity contribution in [2.45, 2.75) is 33.6 Å². The maximum atomic E-state index is 12.3. The van der Waals surface area contributed by atoms with Crippen molar-refractivity contribution in [2.24, 2.45) is 0 Å². The molecule has 0 saturated carbocycles. The van der Waals surface area contributed by atoms with Gasteiger partial charge < -0.3 is 5.32 Å². The van der Waals surface area contributed by atoms with Crippen molar-refractivity contribution < 1.29 is 9.59 Å². The van der Waals surface area contributed by atoms with Crippen LogP contribution >= 0.6 is 0 Å². The Morgan fingerprint density at radius 3 is 2.29 bits per heavy atom. The molecule has 1 heterocycles. The number of amides is 1. The van der Waals surface area contributed by atoms with Crippen molar-refractivity contribution in [3.05, 3.63) is 46.8 Å². The Labute approximate surface area is 123 Å². The maximum Gasteiger partial charge on any atom is 0.276 e. The predicted octanol–water partition coefficient (Wildman–Crippen LogP) is 2.99. The minimum Gasteiger partial charge on any atom is -0.320 e. The Kier molecular flexibility index (Phi) is 4.52. The van der Waals surface area contributed by atoms with E-state index < -0.39 is 0 Å². The number of hydrogen-bond donors (Lipinski definition) is 2. The summed E-state index contributed by atoms with van der Waals surface area (Å²) in [4.78, 5) is 23.5. The first-order chi connectivity index (χ1) is 10.1. The van der Waals surface area contributed by atoms with E-state index in [1.54, 1.807) is 0 Å². The van der Waals surface area contributed by atoms with E-state index in [2.05, 4.69) is 15.5 Å². The van der Waals surface area contributed by atoms with E-state index in [-0.39, 0.29) is 17.4 Å². The first-order valence-electron chi connectivity index (χ1n) is 7.05. The molecular weight excluding hydrogens is 266 g/mol. The molecular formula is C16H19N3O2. The number of carbonyl (C=O) groups excluding carboxylic acids is 2. The summed E-state index contributed by atoms with van der Waals surface area (Å²) in [5.41, 5.74) is 3.57. The smallest absolute Gasteiger partial charge is 0.276 e. The van der Waals surface area contributed by atoms with Crippen LogP contribution in [-0.4, -0.2) is 21.9 Å². The lowest BCUT2D eigenvalue weighted by molar-refractivity contribution is 0.101. The molecule has 0 unspecified atom stereocenters. The van der Waals surface area contributed by atoms with Gasteiger partial charge in [0.15, 0.2) is 11.5 Å². The number of para-hydroxylation sites is 1. The summed E-state index contributed by atoms with van der Waals surface area (Å²) in [6.45, 7) is 5.52.